The molecular formula is C12H19ClN2O3S2. The lowest BCUT2D eigenvalue weighted by Crippen LogP contribution is -2.42. The van der Waals surface area contributed by atoms with Crippen LogP contribution in [0.4, 0.5) is 0 Å². The van der Waals surface area contributed by atoms with E-state index in [1.165, 1.54) is 4.31 Å². The van der Waals surface area contributed by atoms with Gasteiger partial charge in [-0.25, -0.2) is 13.4 Å². The van der Waals surface area contributed by atoms with Gasteiger partial charge >= 0.3 is 0 Å². The van der Waals surface area contributed by atoms with Crippen LogP contribution in [0.5, 0.6) is 0 Å². The Labute approximate surface area is 128 Å². The molecule has 0 radical (unpaired) electrons. The zero-order valence-electron chi connectivity index (χ0n) is 11.4. The van der Waals surface area contributed by atoms with Gasteiger partial charge in [-0.2, -0.15) is 4.31 Å². The summed E-state index contributed by atoms with van der Waals surface area (Å²) < 4.78 is 27.4. The number of sulfonamides is 1. The van der Waals surface area contributed by atoms with Crippen LogP contribution in [0.25, 0.3) is 0 Å². The topological polar surface area (TPSA) is 70.5 Å². The summed E-state index contributed by atoms with van der Waals surface area (Å²) in [5.41, 5.74) is 0.429. The molecule has 0 aromatic carbocycles. The van der Waals surface area contributed by atoms with Crippen LogP contribution < -0.4 is 0 Å². The number of hydrogen-bond acceptors (Lipinski definition) is 5. The molecule has 0 aliphatic heterocycles. The van der Waals surface area contributed by atoms with E-state index in [-0.39, 0.29) is 27.9 Å². The Bertz CT molecular complexity index is 553. The second kappa shape index (κ2) is 6.70. The third-order valence-corrected chi connectivity index (χ3v) is 7.37. The standard InChI is InChI=1S/C12H19ClN2O3S2/c1-9-11(19-12(13)14-9)20(17,18)15(7-8-16)10-5-3-2-4-6-10/h10,16H,2-8H2,1H3. The SMILES string of the molecule is Cc1nc(Cl)sc1S(=O)(=O)N(CCO)C1CCCCC1. The molecule has 1 saturated carbocycles. The molecule has 1 aromatic rings. The third-order valence-electron chi connectivity index (χ3n) is 3.57. The number of aliphatic hydroxyl groups is 1. The molecule has 1 heterocycles. The number of aromatic nitrogens is 1. The zero-order chi connectivity index (χ0) is 14.8. The van der Waals surface area contributed by atoms with Crippen LogP contribution in [0, 0.1) is 6.92 Å². The fraction of sp³-hybridized carbons (Fsp3) is 0.750. The molecule has 0 atom stereocenters. The molecule has 0 amide bonds. The average molecular weight is 339 g/mol. The summed E-state index contributed by atoms with van der Waals surface area (Å²) in [4.78, 5) is 3.98. The highest BCUT2D eigenvalue weighted by Gasteiger charge is 2.34. The third kappa shape index (κ3) is 3.33. The van der Waals surface area contributed by atoms with E-state index in [4.69, 9.17) is 11.6 Å². The van der Waals surface area contributed by atoms with E-state index in [1.807, 2.05) is 0 Å². The molecule has 0 spiro atoms. The fourth-order valence-corrected chi connectivity index (χ4v) is 6.19. The highest BCUT2D eigenvalue weighted by molar-refractivity contribution is 7.91. The van der Waals surface area contributed by atoms with Gasteiger partial charge in [-0.1, -0.05) is 42.2 Å². The Morgan fingerprint density at radius 2 is 2.05 bits per heavy atom. The highest BCUT2D eigenvalue weighted by Crippen LogP contribution is 2.33. The molecule has 0 bridgehead atoms. The van der Waals surface area contributed by atoms with Gasteiger partial charge in [-0.3, -0.25) is 0 Å². The molecule has 0 unspecified atom stereocenters. The number of nitrogens with zero attached hydrogens (tertiary/aromatic N) is 2. The van der Waals surface area contributed by atoms with Crippen molar-refractivity contribution in [3.8, 4) is 0 Å². The van der Waals surface area contributed by atoms with Gasteiger partial charge in [0.15, 0.2) is 8.68 Å². The molecule has 1 fully saturated rings. The van der Waals surface area contributed by atoms with E-state index in [2.05, 4.69) is 4.98 Å². The Balaban J connectivity index is 2.33. The largest absolute Gasteiger partial charge is 0.395 e. The molecule has 114 valence electrons. The molecule has 1 aromatic heterocycles. The minimum Gasteiger partial charge on any atom is -0.395 e. The van der Waals surface area contributed by atoms with Crippen LogP contribution in [-0.4, -0.2) is 42.0 Å². The molecule has 20 heavy (non-hydrogen) atoms. The van der Waals surface area contributed by atoms with E-state index in [0.717, 1.165) is 43.4 Å². The molecular weight excluding hydrogens is 320 g/mol. The van der Waals surface area contributed by atoms with E-state index in [0.29, 0.717) is 5.69 Å². The summed E-state index contributed by atoms with van der Waals surface area (Å²) in [6, 6.07) is -0.0267. The summed E-state index contributed by atoms with van der Waals surface area (Å²) in [5, 5.41) is 9.21. The summed E-state index contributed by atoms with van der Waals surface area (Å²) in [7, 11) is -3.63. The number of aliphatic hydroxyl groups excluding tert-OH is 1. The second-order valence-electron chi connectivity index (χ2n) is 4.97. The number of halogens is 1. The van der Waals surface area contributed by atoms with Crippen molar-refractivity contribution < 1.29 is 13.5 Å². The van der Waals surface area contributed by atoms with Crippen LogP contribution in [0.2, 0.25) is 4.47 Å². The maximum atomic E-state index is 12.8. The van der Waals surface area contributed by atoms with Crippen molar-refractivity contribution in [1.82, 2.24) is 9.29 Å². The van der Waals surface area contributed by atoms with Gasteiger partial charge in [-0.05, 0) is 19.8 Å². The van der Waals surface area contributed by atoms with Crippen LogP contribution in [0.1, 0.15) is 37.8 Å². The molecule has 8 heteroatoms. The smallest absolute Gasteiger partial charge is 0.254 e. The van der Waals surface area contributed by atoms with Crippen molar-refractivity contribution in [3.63, 3.8) is 0 Å². The predicted octanol–water partition coefficient (Wildman–Crippen LogP) is 2.42. The number of aryl methyl sites for hydroxylation is 1. The number of rotatable bonds is 5. The lowest BCUT2D eigenvalue weighted by atomic mass is 9.95. The first kappa shape index (κ1) is 16.2. The molecule has 1 aliphatic rings. The normalized spacial score (nSPS) is 17.8. The molecule has 1 N–H and O–H groups in total. The van der Waals surface area contributed by atoms with Crippen LogP contribution in [0.3, 0.4) is 0 Å². The van der Waals surface area contributed by atoms with Crippen molar-refractivity contribution >= 4 is 33.0 Å². The predicted molar refractivity (Wildman–Crippen MR) is 79.7 cm³/mol. The van der Waals surface area contributed by atoms with Crippen LogP contribution in [-0.2, 0) is 10.0 Å². The van der Waals surface area contributed by atoms with Crippen LogP contribution in [0.15, 0.2) is 4.21 Å². The number of hydrogen-bond donors (Lipinski definition) is 1. The Morgan fingerprint density at radius 3 is 2.55 bits per heavy atom. The van der Waals surface area contributed by atoms with E-state index in [1.54, 1.807) is 6.92 Å². The van der Waals surface area contributed by atoms with Crippen molar-refractivity contribution in [2.75, 3.05) is 13.2 Å². The van der Waals surface area contributed by atoms with E-state index < -0.39 is 10.0 Å². The Kier molecular flexibility index (Phi) is 5.42. The Hall–Kier alpha value is -0.210. The lowest BCUT2D eigenvalue weighted by Gasteiger charge is -2.32. The van der Waals surface area contributed by atoms with Gasteiger partial charge in [0.1, 0.15) is 0 Å². The molecule has 0 saturated heterocycles. The molecule has 5 nitrogen and oxygen atoms in total. The van der Waals surface area contributed by atoms with E-state index >= 15 is 0 Å². The van der Waals surface area contributed by atoms with Crippen molar-refractivity contribution in [2.24, 2.45) is 0 Å². The molecule has 1 aliphatic carbocycles. The molecule has 2 rings (SSSR count). The maximum absolute atomic E-state index is 12.8. The second-order valence-corrected chi connectivity index (χ2v) is 8.64. The quantitative estimate of drug-likeness (QED) is 0.895. The van der Waals surface area contributed by atoms with Crippen LogP contribution >= 0.6 is 22.9 Å². The maximum Gasteiger partial charge on any atom is 0.254 e. The van der Waals surface area contributed by atoms with Gasteiger partial charge in [0.2, 0.25) is 0 Å². The Morgan fingerprint density at radius 1 is 1.40 bits per heavy atom. The lowest BCUT2D eigenvalue weighted by molar-refractivity contribution is 0.199. The average Bonchev–Trinajstić information content (AvgIpc) is 2.76. The number of thiazole rings is 1. The zero-order valence-corrected chi connectivity index (χ0v) is 13.8. The van der Waals surface area contributed by atoms with Gasteiger partial charge in [0, 0.05) is 12.6 Å². The minimum absolute atomic E-state index is 0.0267. The first-order valence-corrected chi connectivity index (χ1v) is 9.36. The summed E-state index contributed by atoms with van der Waals surface area (Å²) in [5.74, 6) is 0. The van der Waals surface area contributed by atoms with Crippen molar-refractivity contribution in [1.29, 1.82) is 0 Å². The summed E-state index contributed by atoms with van der Waals surface area (Å²) in [6.07, 6.45) is 4.92. The summed E-state index contributed by atoms with van der Waals surface area (Å²) in [6.45, 7) is 1.59. The first-order chi connectivity index (χ1) is 9.46. The summed E-state index contributed by atoms with van der Waals surface area (Å²) >= 11 is 6.80. The van der Waals surface area contributed by atoms with Crippen molar-refractivity contribution in [2.45, 2.75) is 49.3 Å². The van der Waals surface area contributed by atoms with Crippen molar-refractivity contribution in [3.05, 3.63) is 10.2 Å². The fourth-order valence-electron chi connectivity index (χ4n) is 2.66. The highest BCUT2D eigenvalue weighted by atomic mass is 35.5. The first-order valence-electron chi connectivity index (χ1n) is 6.72. The minimum atomic E-state index is -3.63. The van der Waals surface area contributed by atoms with Gasteiger partial charge < -0.3 is 5.11 Å². The van der Waals surface area contributed by atoms with E-state index in [9.17, 15) is 13.5 Å². The van der Waals surface area contributed by atoms with Gasteiger partial charge in [0.05, 0.1) is 12.3 Å². The monoisotopic (exact) mass is 338 g/mol. The van der Waals surface area contributed by atoms with Gasteiger partial charge in [0.25, 0.3) is 10.0 Å². The van der Waals surface area contributed by atoms with Gasteiger partial charge in [-0.15, -0.1) is 0 Å².